The number of hydrogen-bond acceptors (Lipinski definition) is 7. The zero-order valence-electron chi connectivity index (χ0n) is 16.4. The number of amides is 1. The number of nitrogens with zero attached hydrogens (tertiary/aromatic N) is 4. The van der Waals surface area contributed by atoms with E-state index in [4.69, 9.17) is 8.94 Å². The second-order valence-electron chi connectivity index (χ2n) is 7.02. The molecule has 2 heterocycles. The maximum Gasteiger partial charge on any atom is 0.247 e. The van der Waals surface area contributed by atoms with Crippen LogP contribution in [0.15, 0.2) is 33.2 Å². The van der Waals surface area contributed by atoms with E-state index in [1.54, 1.807) is 0 Å². The second kappa shape index (κ2) is 9.25. The van der Waals surface area contributed by atoms with Crippen molar-refractivity contribution in [2.24, 2.45) is 0 Å². The lowest BCUT2D eigenvalue weighted by atomic mass is 10.1. The smallest absolute Gasteiger partial charge is 0.247 e. The molecule has 148 valence electrons. The molecule has 28 heavy (non-hydrogen) atoms. The minimum atomic E-state index is -0.0523. The first kappa shape index (κ1) is 19.7. The summed E-state index contributed by atoms with van der Waals surface area (Å²) in [5.74, 6) is 2.43. The Morgan fingerprint density at radius 1 is 1.11 bits per heavy atom. The van der Waals surface area contributed by atoms with Crippen molar-refractivity contribution in [2.45, 2.75) is 52.4 Å². The molecule has 0 saturated heterocycles. The molecule has 8 heteroatoms. The molecule has 1 N–H and O–H groups in total. The van der Waals surface area contributed by atoms with Crippen LogP contribution in [0.1, 0.15) is 55.8 Å². The van der Waals surface area contributed by atoms with Crippen molar-refractivity contribution >= 4 is 5.91 Å². The third-order valence-corrected chi connectivity index (χ3v) is 4.22. The molecule has 0 bridgehead atoms. The van der Waals surface area contributed by atoms with Gasteiger partial charge in [0.2, 0.25) is 23.6 Å². The van der Waals surface area contributed by atoms with Crippen LogP contribution in [0, 0.1) is 6.92 Å². The Balaban J connectivity index is 1.37. The lowest BCUT2D eigenvalue weighted by molar-refractivity contribution is -0.121. The minimum absolute atomic E-state index is 0.0523. The van der Waals surface area contributed by atoms with E-state index in [1.165, 1.54) is 5.56 Å². The quantitative estimate of drug-likeness (QED) is 0.565. The normalized spacial score (nSPS) is 11.1. The molecule has 0 aliphatic carbocycles. The molecule has 0 unspecified atom stereocenters. The molecule has 0 fully saturated rings. The molecular formula is C20H25N5O3. The van der Waals surface area contributed by atoms with Crippen LogP contribution in [0.2, 0.25) is 0 Å². The van der Waals surface area contributed by atoms with E-state index in [1.807, 2.05) is 45.0 Å². The molecule has 1 aromatic carbocycles. The second-order valence-corrected chi connectivity index (χ2v) is 7.02. The molecule has 0 spiro atoms. The zero-order valence-corrected chi connectivity index (χ0v) is 16.4. The van der Waals surface area contributed by atoms with Crippen LogP contribution in [0.25, 0.3) is 11.5 Å². The summed E-state index contributed by atoms with van der Waals surface area (Å²) in [7, 11) is 0. The van der Waals surface area contributed by atoms with Gasteiger partial charge in [0, 0.05) is 37.3 Å². The Kier molecular flexibility index (Phi) is 6.52. The maximum absolute atomic E-state index is 12.0. The predicted octanol–water partition coefficient (Wildman–Crippen LogP) is 3.23. The largest absolute Gasteiger partial charge is 0.421 e. The number of aryl methyl sites for hydroxylation is 3. The molecule has 0 atom stereocenters. The molecule has 0 aliphatic rings. The minimum Gasteiger partial charge on any atom is -0.421 e. The predicted molar refractivity (Wildman–Crippen MR) is 103 cm³/mol. The average molecular weight is 383 g/mol. The van der Waals surface area contributed by atoms with Crippen LogP contribution in [0.3, 0.4) is 0 Å². The molecule has 0 aliphatic heterocycles. The van der Waals surface area contributed by atoms with Crippen molar-refractivity contribution in [3.63, 3.8) is 0 Å². The van der Waals surface area contributed by atoms with Gasteiger partial charge in [-0.15, -0.1) is 10.2 Å². The van der Waals surface area contributed by atoms with Gasteiger partial charge in [0.05, 0.1) is 0 Å². The summed E-state index contributed by atoms with van der Waals surface area (Å²) in [6, 6.07) is 7.86. The number of carbonyl (C=O) groups is 1. The molecule has 2 aromatic heterocycles. The van der Waals surface area contributed by atoms with Crippen LogP contribution in [-0.2, 0) is 17.6 Å². The summed E-state index contributed by atoms with van der Waals surface area (Å²) in [6.07, 6.45) is 2.09. The standard InChI is InChI=1S/C20H25N5O3/c1-13(2)19-22-17(28-25-19)5-4-12-21-16(26)10-11-18-23-24-20(27-18)15-8-6-14(3)7-9-15/h6-9,13H,4-5,10-12H2,1-3H3,(H,21,26). The number of nitrogens with one attached hydrogen (secondary N) is 1. The monoisotopic (exact) mass is 383 g/mol. The summed E-state index contributed by atoms with van der Waals surface area (Å²) in [4.78, 5) is 16.3. The third-order valence-electron chi connectivity index (χ3n) is 4.22. The van der Waals surface area contributed by atoms with Gasteiger partial charge in [-0.05, 0) is 25.5 Å². The Morgan fingerprint density at radius 2 is 1.89 bits per heavy atom. The highest BCUT2D eigenvalue weighted by Crippen LogP contribution is 2.18. The van der Waals surface area contributed by atoms with Gasteiger partial charge in [0.25, 0.3) is 0 Å². The van der Waals surface area contributed by atoms with Gasteiger partial charge in [0.15, 0.2) is 5.82 Å². The van der Waals surface area contributed by atoms with E-state index in [2.05, 4.69) is 25.7 Å². The van der Waals surface area contributed by atoms with Gasteiger partial charge in [-0.25, -0.2) is 0 Å². The van der Waals surface area contributed by atoms with E-state index in [0.717, 1.165) is 12.0 Å². The first-order valence-electron chi connectivity index (χ1n) is 9.50. The van der Waals surface area contributed by atoms with Gasteiger partial charge in [-0.2, -0.15) is 4.98 Å². The summed E-state index contributed by atoms with van der Waals surface area (Å²) < 4.78 is 10.8. The SMILES string of the molecule is Cc1ccc(-c2nnc(CCC(=O)NCCCc3nc(C(C)C)no3)o2)cc1. The van der Waals surface area contributed by atoms with Crippen LogP contribution in [-0.4, -0.2) is 32.8 Å². The van der Waals surface area contributed by atoms with Gasteiger partial charge in [0.1, 0.15) is 0 Å². The van der Waals surface area contributed by atoms with E-state index in [0.29, 0.717) is 49.3 Å². The molecule has 3 aromatic rings. The van der Waals surface area contributed by atoms with Crippen molar-refractivity contribution in [1.82, 2.24) is 25.7 Å². The molecule has 0 radical (unpaired) electrons. The van der Waals surface area contributed by atoms with Crippen molar-refractivity contribution in [3.05, 3.63) is 47.4 Å². The van der Waals surface area contributed by atoms with Gasteiger partial charge >= 0.3 is 0 Å². The van der Waals surface area contributed by atoms with E-state index in [9.17, 15) is 4.79 Å². The highest BCUT2D eigenvalue weighted by atomic mass is 16.5. The summed E-state index contributed by atoms with van der Waals surface area (Å²) in [5, 5.41) is 14.9. The third kappa shape index (κ3) is 5.48. The van der Waals surface area contributed by atoms with Crippen molar-refractivity contribution in [1.29, 1.82) is 0 Å². The molecular weight excluding hydrogens is 358 g/mol. The van der Waals surface area contributed by atoms with Crippen molar-refractivity contribution < 1.29 is 13.7 Å². The number of rotatable bonds is 9. The van der Waals surface area contributed by atoms with E-state index < -0.39 is 0 Å². The number of benzene rings is 1. The number of carbonyl (C=O) groups excluding carboxylic acids is 1. The summed E-state index contributed by atoms with van der Waals surface area (Å²) >= 11 is 0. The Morgan fingerprint density at radius 3 is 2.61 bits per heavy atom. The highest BCUT2D eigenvalue weighted by molar-refractivity contribution is 5.75. The van der Waals surface area contributed by atoms with Crippen LogP contribution in [0.5, 0.6) is 0 Å². The first-order chi connectivity index (χ1) is 13.5. The van der Waals surface area contributed by atoms with Gasteiger partial charge in [-0.1, -0.05) is 36.7 Å². The first-order valence-corrected chi connectivity index (χ1v) is 9.50. The number of aromatic nitrogens is 4. The average Bonchev–Trinajstić information content (AvgIpc) is 3.34. The Bertz CT molecular complexity index is 899. The highest BCUT2D eigenvalue weighted by Gasteiger charge is 2.11. The molecule has 0 saturated carbocycles. The fourth-order valence-electron chi connectivity index (χ4n) is 2.55. The topological polar surface area (TPSA) is 107 Å². The Hall–Kier alpha value is -3.03. The summed E-state index contributed by atoms with van der Waals surface area (Å²) in [5.41, 5.74) is 2.04. The Labute approximate surface area is 163 Å². The van der Waals surface area contributed by atoms with E-state index in [-0.39, 0.29) is 11.8 Å². The fourth-order valence-corrected chi connectivity index (χ4v) is 2.55. The molecule has 8 nitrogen and oxygen atoms in total. The fraction of sp³-hybridized carbons (Fsp3) is 0.450. The molecule has 1 amide bonds. The van der Waals surface area contributed by atoms with E-state index >= 15 is 0 Å². The van der Waals surface area contributed by atoms with Crippen LogP contribution < -0.4 is 5.32 Å². The molecule has 3 rings (SSSR count). The van der Waals surface area contributed by atoms with Crippen LogP contribution >= 0.6 is 0 Å². The van der Waals surface area contributed by atoms with Gasteiger partial charge in [-0.3, -0.25) is 4.79 Å². The zero-order chi connectivity index (χ0) is 19.9. The summed E-state index contributed by atoms with van der Waals surface area (Å²) in [6.45, 7) is 6.60. The lowest BCUT2D eigenvalue weighted by Gasteiger charge is -2.02. The van der Waals surface area contributed by atoms with Crippen LogP contribution in [0.4, 0.5) is 0 Å². The maximum atomic E-state index is 12.0. The lowest BCUT2D eigenvalue weighted by Crippen LogP contribution is -2.25. The van der Waals surface area contributed by atoms with Crippen molar-refractivity contribution in [2.75, 3.05) is 6.54 Å². The number of hydrogen-bond donors (Lipinski definition) is 1. The van der Waals surface area contributed by atoms with Gasteiger partial charge < -0.3 is 14.3 Å². The van der Waals surface area contributed by atoms with Crippen molar-refractivity contribution in [3.8, 4) is 11.5 Å².